The number of carbonyl (C=O) groups is 1. The van der Waals surface area contributed by atoms with Crippen molar-refractivity contribution < 1.29 is 9.53 Å². The summed E-state index contributed by atoms with van der Waals surface area (Å²) in [6.45, 7) is 6.14. The first kappa shape index (κ1) is 12.5. The third kappa shape index (κ3) is 3.54. The Kier molecular flexibility index (Phi) is 4.77. The maximum atomic E-state index is 11.6. The van der Waals surface area contributed by atoms with Crippen molar-refractivity contribution in [3.8, 4) is 0 Å². The fourth-order valence-electron chi connectivity index (χ4n) is 1.27. The Hall–Kier alpha value is -1.57. The predicted molar refractivity (Wildman–Crippen MR) is 64.9 cm³/mol. The van der Waals surface area contributed by atoms with E-state index in [2.05, 4.69) is 0 Å². The van der Waals surface area contributed by atoms with E-state index >= 15 is 0 Å². The summed E-state index contributed by atoms with van der Waals surface area (Å²) >= 11 is 0. The third-order valence-corrected chi connectivity index (χ3v) is 2.69. The summed E-state index contributed by atoms with van der Waals surface area (Å²) in [4.78, 5) is 11.6. The fourth-order valence-corrected chi connectivity index (χ4v) is 1.27. The molecule has 0 unspecified atom stereocenters. The molecule has 1 rings (SSSR count). The van der Waals surface area contributed by atoms with Gasteiger partial charge in [0.2, 0.25) is 0 Å². The Morgan fingerprint density at radius 1 is 1.19 bits per heavy atom. The molecule has 2 nitrogen and oxygen atoms in total. The fraction of sp³-hybridized carbons (Fsp3) is 0.357. The highest BCUT2D eigenvalue weighted by Gasteiger charge is 2.08. The van der Waals surface area contributed by atoms with E-state index in [0.717, 1.165) is 23.1 Å². The molecule has 0 N–H and O–H groups in total. The maximum Gasteiger partial charge on any atom is 0.333 e. The third-order valence-electron chi connectivity index (χ3n) is 2.69. The summed E-state index contributed by atoms with van der Waals surface area (Å²) in [6.07, 6.45) is 0.881. The molecule has 0 atom stereocenters. The van der Waals surface area contributed by atoms with E-state index in [0.29, 0.717) is 6.61 Å². The average molecular weight is 218 g/mol. The molecular weight excluding hydrogens is 200 g/mol. The van der Waals surface area contributed by atoms with Gasteiger partial charge in [0.05, 0.1) is 0 Å². The van der Waals surface area contributed by atoms with Crippen molar-refractivity contribution in [2.24, 2.45) is 0 Å². The van der Waals surface area contributed by atoms with Crippen molar-refractivity contribution in [1.29, 1.82) is 0 Å². The van der Waals surface area contributed by atoms with E-state index in [4.69, 9.17) is 4.74 Å². The van der Waals surface area contributed by atoms with E-state index in [-0.39, 0.29) is 5.97 Å². The number of carbonyl (C=O) groups excluding carboxylic acids is 1. The first-order valence-electron chi connectivity index (χ1n) is 5.52. The minimum absolute atomic E-state index is 0.219. The molecular formula is C14H18O2. The Balaban J connectivity index is 2.54. The quantitative estimate of drug-likeness (QED) is 0.571. The number of allylic oxidation sites excluding steroid dienone is 1. The zero-order valence-electron chi connectivity index (χ0n) is 10.1. The first-order valence-corrected chi connectivity index (χ1v) is 5.52. The van der Waals surface area contributed by atoms with Gasteiger partial charge in [0.1, 0.15) is 6.61 Å². The summed E-state index contributed by atoms with van der Waals surface area (Å²) < 4.78 is 5.22. The lowest BCUT2D eigenvalue weighted by Crippen LogP contribution is -2.07. The van der Waals surface area contributed by atoms with Gasteiger partial charge in [0.15, 0.2) is 0 Å². The molecule has 0 aliphatic rings. The summed E-state index contributed by atoms with van der Waals surface area (Å²) in [5.74, 6) is -0.219. The van der Waals surface area contributed by atoms with Crippen LogP contribution in [0.25, 0.3) is 0 Å². The van der Waals surface area contributed by atoms with Gasteiger partial charge >= 0.3 is 5.97 Å². The molecule has 0 heterocycles. The SMILES string of the molecule is CCC(C)=C(C)C(=O)OCc1ccccc1. The smallest absolute Gasteiger partial charge is 0.333 e. The van der Waals surface area contributed by atoms with Crippen molar-refractivity contribution in [2.45, 2.75) is 33.8 Å². The predicted octanol–water partition coefficient (Wildman–Crippen LogP) is 3.48. The van der Waals surface area contributed by atoms with Crippen molar-refractivity contribution in [3.63, 3.8) is 0 Å². The second kappa shape index (κ2) is 6.11. The molecule has 0 bridgehead atoms. The van der Waals surface area contributed by atoms with Crippen LogP contribution in [0.5, 0.6) is 0 Å². The van der Waals surface area contributed by atoms with E-state index in [1.165, 1.54) is 0 Å². The van der Waals surface area contributed by atoms with Crippen molar-refractivity contribution in [1.82, 2.24) is 0 Å². The largest absolute Gasteiger partial charge is 0.457 e. The molecule has 16 heavy (non-hydrogen) atoms. The first-order chi connectivity index (χ1) is 7.65. The average Bonchev–Trinajstić information content (AvgIpc) is 2.35. The zero-order valence-corrected chi connectivity index (χ0v) is 10.1. The molecule has 1 aromatic carbocycles. The summed E-state index contributed by atoms with van der Waals surface area (Å²) in [7, 11) is 0. The molecule has 2 heteroatoms. The van der Waals surface area contributed by atoms with Crippen molar-refractivity contribution >= 4 is 5.97 Å². The van der Waals surface area contributed by atoms with Gasteiger partial charge in [0, 0.05) is 5.57 Å². The normalized spacial score (nSPS) is 11.9. The number of ether oxygens (including phenoxy) is 1. The lowest BCUT2D eigenvalue weighted by Gasteiger charge is -2.07. The van der Waals surface area contributed by atoms with Gasteiger partial charge in [-0.15, -0.1) is 0 Å². The Bertz CT molecular complexity index is 377. The molecule has 0 aliphatic carbocycles. The van der Waals surface area contributed by atoms with Crippen LogP contribution in [0.3, 0.4) is 0 Å². The van der Waals surface area contributed by atoms with Crippen LogP contribution in [-0.4, -0.2) is 5.97 Å². The zero-order chi connectivity index (χ0) is 12.0. The summed E-state index contributed by atoms with van der Waals surface area (Å²) in [5, 5.41) is 0. The van der Waals surface area contributed by atoms with Crippen LogP contribution in [-0.2, 0) is 16.1 Å². The number of rotatable bonds is 4. The van der Waals surface area contributed by atoms with Crippen LogP contribution in [0.4, 0.5) is 0 Å². The monoisotopic (exact) mass is 218 g/mol. The van der Waals surface area contributed by atoms with E-state index in [1.54, 1.807) is 0 Å². The second-order valence-electron chi connectivity index (χ2n) is 3.82. The number of hydrogen-bond donors (Lipinski definition) is 0. The van der Waals surface area contributed by atoms with E-state index in [1.807, 2.05) is 51.1 Å². The second-order valence-corrected chi connectivity index (χ2v) is 3.82. The molecule has 0 spiro atoms. The highest BCUT2D eigenvalue weighted by atomic mass is 16.5. The number of hydrogen-bond acceptors (Lipinski definition) is 2. The van der Waals surface area contributed by atoms with Crippen LogP contribution in [0, 0.1) is 0 Å². The highest BCUT2D eigenvalue weighted by molar-refractivity contribution is 5.88. The Labute approximate surface area is 96.9 Å². The van der Waals surface area contributed by atoms with Gasteiger partial charge < -0.3 is 4.74 Å². The van der Waals surface area contributed by atoms with Gasteiger partial charge in [-0.3, -0.25) is 0 Å². The molecule has 0 amide bonds. The molecule has 0 saturated heterocycles. The minimum Gasteiger partial charge on any atom is -0.457 e. The Morgan fingerprint density at radius 2 is 1.81 bits per heavy atom. The number of esters is 1. The van der Waals surface area contributed by atoms with E-state index < -0.39 is 0 Å². The standard InChI is InChI=1S/C14H18O2/c1-4-11(2)12(3)14(15)16-10-13-8-6-5-7-9-13/h5-9H,4,10H2,1-3H3. The summed E-state index contributed by atoms with van der Waals surface area (Å²) in [5.41, 5.74) is 2.81. The topological polar surface area (TPSA) is 26.3 Å². The summed E-state index contributed by atoms with van der Waals surface area (Å²) in [6, 6.07) is 9.70. The van der Waals surface area contributed by atoms with Crippen molar-refractivity contribution in [2.75, 3.05) is 0 Å². The van der Waals surface area contributed by atoms with Gasteiger partial charge in [0.25, 0.3) is 0 Å². The highest BCUT2D eigenvalue weighted by Crippen LogP contribution is 2.10. The molecule has 0 fully saturated rings. The van der Waals surface area contributed by atoms with Gasteiger partial charge in [-0.2, -0.15) is 0 Å². The maximum absolute atomic E-state index is 11.6. The van der Waals surface area contributed by atoms with Crippen LogP contribution < -0.4 is 0 Å². The van der Waals surface area contributed by atoms with Crippen LogP contribution in [0.2, 0.25) is 0 Å². The molecule has 0 saturated carbocycles. The van der Waals surface area contributed by atoms with Gasteiger partial charge in [-0.1, -0.05) is 42.8 Å². The van der Waals surface area contributed by atoms with Crippen LogP contribution >= 0.6 is 0 Å². The van der Waals surface area contributed by atoms with Gasteiger partial charge in [-0.05, 0) is 25.8 Å². The van der Waals surface area contributed by atoms with Crippen molar-refractivity contribution in [3.05, 3.63) is 47.0 Å². The Morgan fingerprint density at radius 3 is 2.38 bits per heavy atom. The van der Waals surface area contributed by atoms with E-state index in [9.17, 15) is 4.79 Å². The molecule has 1 aromatic rings. The molecule has 0 radical (unpaired) electrons. The molecule has 0 aliphatic heterocycles. The van der Waals surface area contributed by atoms with Crippen LogP contribution in [0.15, 0.2) is 41.5 Å². The lowest BCUT2D eigenvalue weighted by molar-refractivity contribution is -0.140. The number of benzene rings is 1. The minimum atomic E-state index is -0.219. The van der Waals surface area contributed by atoms with Crippen LogP contribution in [0.1, 0.15) is 32.8 Å². The van der Waals surface area contributed by atoms with Gasteiger partial charge in [-0.25, -0.2) is 4.79 Å². The lowest BCUT2D eigenvalue weighted by atomic mass is 10.1. The molecule has 0 aromatic heterocycles. The molecule has 86 valence electrons.